The van der Waals surface area contributed by atoms with Crippen molar-refractivity contribution in [2.45, 2.75) is 19.8 Å². The Bertz CT molecular complexity index is 261. The van der Waals surface area contributed by atoms with Gasteiger partial charge in [-0.05, 0) is 0 Å². The summed E-state index contributed by atoms with van der Waals surface area (Å²) in [4.78, 5) is 0. The van der Waals surface area contributed by atoms with Gasteiger partial charge < -0.3 is 15.3 Å². The molecule has 0 aromatic heterocycles. The standard InChI is InChI=1S/C8H11.C5H5.3CH4O.Ti/c1-2-5-8-6-3-4-7-8;1-2-4-5-3-1;3*1-2;/h3-4,6-7H,2,5H2,1H3;1-5H;3*2H,1H3;/q2*-1;;;;+2. The first-order chi connectivity index (χ1) is 9.43. The van der Waals surface area contributed by atoms with Crippen molar-refractivity contribution >= 4 is 0 Å². The van der Waals surface area contributed by atoms with Crippen molar-refractivity contribution in [3.8, 4) is 0 Å². The molecule has 0 aliphatic heterocycles. The van der Waals surface area contributed by atoms with E-state index in [0.717, 1.165) is 21.3 Å². The zero-order valence-electron chi connectivity index (χ0n) is 13.0. The fourth-order valence-corrected chi connectivity index (χ4v) is 1.19. The van der Waals surface area contributed by atoms with Crippen molar-refractivity contribution in [2.24, 2.45) is 0 Å². The molecule has 0 aliphatic rings. The summed E-state index contributed by atoms with van der Waals surface area (Å²) < 4.78 is 0. The van der Waals surface area contributed by atoms with E-state index >= 15 is 0 Å². The van der Waals surface area contributed by atoms with Crippen LogP contribution in [-0.2, 0) is 28.1 Å². The predicted octanol–water partition coefficient (Wildman–Crippen LogP) is 2.59. The zero-order chi connectivity index (χ0) is 15.4. The molecule has 0 amide bonds. The van der Waals surface area contributed by atoms with Crippen LogP contribution < -0.4 is 0 Å². The second-order valence-electron chi connectivity index (χ2n) is 3.01. The molecule has 0 atom stereocenters. The molecule has 20 heavy (non-hydrogen) atoms. The second kappa shape index (κ2) is 31.0. The minimum atomic E-state index is 0. The van der Waals surface area contributed by atoms with Gasteiger partial charge in [0.25, 0.3) is 0 Å². The first-order valence-electron chi connectivity index (χ1n) is 6.15. The minimum Gasteiger partial charge on any atom is -0.400 e. The summed E-state index contributed by atoms with van der Waals surface area (Å²) in [6, 6.07) is 18.5. The van der Waals surface area contributed by atoms with E-state index in [9.17, 15) is 0 Å². The number of aliphatic hydroxyl groups is 3. The molecule has 0 unspecified atom stereocenters. The quantitative estimate of drug-likeness (QED) is 0.589. The Hall–Kier alpha value is -0.706. The van der Waals surface area contributed by atoms with Gasteiger partial charge in [-0.3, -0.25) is 0 Å². The van der Waals surface area contributed by atoms with Gasteiger partial charge in [-0.1, -0.05) is 19.8 Å². The van der Waals surface area contributed by atoms with Gasteiger partial charge in [0.05, 0.1) is 0 Å². The van der Waals surface area contributed by atoms with Gasteiger partial charge in [0.1, 0.15) is 0 Å². The molecule has 114 valence electrons. The summed E-state index contributed by atoms with van der Waals surface area (Å²) in [6.07, 6.45) is 2.48. The third kappa shape index (κ3) is 22.5. The molecule has 0 saturated carbocycles. The van der Waals surface area contributed by atoms with Crippen molar-refractivity contribution in [1.29, 1.82) is 0 Å². The maximum absolute atomic E-state index is 7.00. The van der Waals surface area contributed by atoms with Crippen LogP contribution in [0.15, 0.2) is 54.6 Å². The molecular weight excluding hydrogens is 288 g/mol. The zero-order valence-corrected chi connectivity index (χ0v) is 14.5. The van der Waals surface area contributed by atoms with E-state index in [-0.39, 0.29) is 21.7 Å². The van der Waals surface area contributed by atoms with Crippen LogP contribution in [0.3, 0.4) is 0 Å². The van der Waals surface area contributed by atoms with E-state index in [0.29, 0.717) is 0 Å². The van der Waals surface area contributed by atoms with Gasteiger partial charge in [0.2, 0.25) is 0 Å². The molecular formula is C16H28O3Ti. The van der Waals surface area contributed by atoms with Crippen LogP contribution in [-0.4, -0.2) is 36.6 Å². The Morgan fingerprint density at radius 3 is 1.45 bits per heavy atom. The molecule has 0 fully saturated rings. The first kappa shape index (κ1) is 27.6. The fraction of sp³-hybridized carbons (Fsp3) is 0.375. The SMILES string of the molecule is CCC[c-]1cccc1.CO.CO.CO.[Ti+2].c1cc[cH-]c1. The molecule has 2 aromatic carbocycles. The first-order valence-corrected chi connectivity index (χ1v) is 6.15. The number of hydrogen-bond acceptors (Lipinski definition) is 3. The average Bonchev–Trinajstić information content (AvgIpc) is 3.22. The monoisotopic (exact) mass is 316 g/mol. The molecule has 3 nitrogen and oxygen atoms in total. The molecule has 3 N–H and O–H groups in total. The number of aliphatic hydroxyl groups excluding tert-OH is 3. The van der Waals surface area contributed by atoms with Crippen LogP contribution in [0, 0.1) is 0 Å². The summed E-state index contributed by atoms with van der Waals surface area (Å²) in [5, 5.41) is 21.0. The molecule has 0 saturated heterocycles. The topological polar surface area (TPSA) is 60.7 Å². The van der Waals surface area contributed by atoms with E-state index in [4.69, 9.17) is 15.3 Å². The molecule has 0 bridgehead atoms. The summed E-state index contributed by atoms with van der Waals surface area (Å²) in [6.45, 7) is 2.20. The predicted molar refractivity (Wildman–Crippen MR) is 82.5 cm³/mol. The maximum atomic E-state index is 7.00. The van der Waals surface area contributed by atoms with Crippen molar-refractivity contribution in [1.82, 2.24) is 0 Å². The normalized spacial score (nSPS) is 6.75. The summed E-state index contributed by atoms with van der Waals surface area (Å²) in [7, 11) is 3.00. The van der Waals surface area contributed by atoms with Crippen molar-refractivity contribution in [2.75, 3.05) is 21.3 Å². The molecule has 0 heterocycles. The summed E-state index contributed by atoms with van der Waals surface area (Å²) in [5.74, 6) is 0. The Morgan fingerprint density at radius 1 is 0.800 bits per heavy atom. The van der Waals surface area contributed by atoms with Gasteiger partial charge >= 0.3 is 21.7 Å². The molecule has 0 radical (unpaired) electrons. The van der Waals surface area contributed by atoms with Crippen LogP contribution in [0.2, 0.25) is 0 Å². The minimum absolute atomic E-state index is 0. The van der Waals surface area contributed by atoms with Gasteiger partial charge in [-0.15, -0.1) is 0 Å². The van der Waals surface area contributed by atoms with Crippen molar-refractivity contribution in [3.63, 3.8) is 0 Å². The smallest absolute Gasteiger partial charge is 0.400 e. The molecule has 4 heteroatoms. The number of aryl methyl sites for hydroxylation is 1. The Morgan fingerprint density at radius 2 is 1.20 bits per heavy atom. The molecule has 0 aliphatic carbocycles. The Balaban J connectivity index is -0.0000000933. The van der Waals surface area contributed by atoms with E-state index in [1.807, 2.05) is 30.3 Å². The Labute approximate surface area is 138 Å². The van der Waals surface area contributed by atoms with Gasteiger partial charge in [-0.25, -0.2) is 24.3 Å². The van der Waals surface area contributed by atoms with Crippen molar-refractivity contribution in [3.05, 3.63) is 60.2 Å². The maximum Gasteiger partial charge on any atom is 2.00 e. The van der Waals surface area contributed by atoms with E-state index in [1.165, 1.54) is 18.4 Å². The third-order valence-corrected chi connectivity index (χ3v) is 1.83. The molecule has 2 aromatic rings. The van der Waals surface area contributed by atoms with E-state index in [2.05, 4.69) is 31.2 Å². The van der Waals surface area contributed by atoms with E-state index < -0.39 is 0 Å². The third-order valence-electron chi connectivity index (χ3n) is 1.83. The van der Waals surface area contributed by atoms with Crippen LogP contribution in [0.1, 0.15) is 18.9 Å². The number of hydrogen-bond donors (Lipinski definition) is 3. The fourth-order valence-electron chi connectivity index (χ4n) is 1.19. The Kier molecular flexibility index (Phi) is 42.7. The van der Waals surface area contributed by atoms with E-state index in [1.54, 1.807) is 0 Å². The van der Waals surface area contributed by atoms with Crippen LogP contribution >= 0.6 is 0 Å². The molecule has 0 spiro atoms. The van der Waals surface area contributed by atoms with Crippen LogP contribution in [0.4, 0.5) is 0 Å². The molecule has 2 rings (SSSR count). The van der Waals surface area contributed by atoms with Crippen LogP contribution in [0.5, 0.6) is 0 Å². The van der Waals surface area contributed by atoms with Gasteiger partial charge in [0, 0.05) is 21.3 Å². The average molecular weight is 316 g/mol. The van der Waals surface area contributed by atoms with Crippen molar-refractivity contribution < 1.29 is 37.0 Å². The largest absolute Gasteiger partial charge is 2.00 e. The summed E-state index contributed by atoms with van der Waals surface area (Å²) in [5.41, 5.74) is 1.47. The second-order valence-corrected chi connectivity index (χ2v) is 3.01. The summed E-state index contributed by atoms with van der Waals surface area (Å²) >= 11 is 0. The van der Waals surface area contributed by atoms with Crippen LogP contribution in [0.25, 0.3) is 0 Å². The van der Waals surface area contributed by atoms with Gasteiger partial charge in [0.15, 0.2) is 0 Å². The van der Waals surface area contributed by atoms with Gasteiger partial charge in [-0.2, -0.15) is 35.9 Å². The number of rotatable bonds is 2.